The molecular weight excluding hydrogens is 272 g/mol. The third-order valence-corrected chi connectivity index (χ3v) is 4.59. The average molecular weight is 290 g/mol. The summed E-state index contributed by atoms with van der Waals surface area (Å²) in [5.74, 6) is 0.198. The fraction of sp³-hybridized carbons (Fsp3) is 0.600. The maximum Gasteiger partial charge on any atom is 0.291 e. The quantitative estimate of drug-likeness (QED) is 0.733. The van der Waals surface area contributed by atoms with Crippen LogP contribution in [0, 0.1) is 12.3 Å². The smallest absolute Gasteiger partial charge is 0.291 e. The van der Waals surface area contributed by atoms with Crippen LogP contribution in [0.25, 0.3) is 0 Å². The molecule has 6 heteroatoms. The lowest BCUT2D eigenvalue weighted by atomic mass is 9.67. The minimum atomic E-state index is -0.223. The van der Waals surface area contributed by atoms with Gasteiger partial charge in [-0.1, -0.05) is 0 Å². The van der Waals surface area contributed by atoms with E-state index in [1.807, 2.05) is 0 Å². The largest absolute Gasteiger partial charge is 0.438 e. The van der Waals surface area contributed by atoms with E-state index in [2.05, 4.69) is 4.98 Å². The standard InChI is InChI=1S/C15H18N2O4/c1-10-13(21-9-16-10)14(20)17-4-2-15(3-5-17)7-11(18)6-12(19)8-15/h9H,2-8H2,1H3. The molecule has 0 aromatic carbocycles. The van der Waals surface area contributed by atoms with Gasteiger partial charge in [0.05, 0.1) is 12.1 Å². The number of ketones is 2. The second kappa shape index (κ2) is 5.09. The third kappa shape index (κ3) is 2.62. The van der Waals surface area contributed by atoms with Crippen LogP contribution in [0.4, 0.5) is 0 Å². The fourth-order valence-electron chi connectivity index (χ4n) is 3.43. The summed E-state index contributed by atoms with van der Waals surface area (Å²) in [5.41, 5.74) is 0.364. The van der Waals surface area contributed by atoms with Gasteiger partial charge in [0.1, 0.15) is 11.6 Å². The molecule has 0 radical (unpaired) electrons. The van der Waals surface area contributed by atoms with Gasteiger partial charge in [-0.2, -0.15) is 0 Å². The summed E-state index contributed by atoms with van der Waals surface area (Å²) in [6, 6.07) is 0. The molecule has 6 nitrogen and oxygen atoms in total. The van der Waals surface area contributed by atoms with Crippen LogP contribution in [0.15, 0.2) is 10.8 Å². The summed E-state index contributed by atoms with van der Waals surface area (Å²) in [6.45, 7) is 2.85. The lowest BCUT2D eigenvalue weighted by Crippen LogP contribution is -2.46. The number of oxazole rings is 1. The number of rotatable bonds is 1. The van der Waals surface area contributed by atoms with Crippen LogP contribution >= 0.6 is 0 Å². The van der Waals surface area contributed by atoms with Crippen molar-refractivity contribution < 1.29 is 18.8 Å². The van der Waals surface area contributed by atoms with Gasteiger partial charge in [-0.15, -0.1) is 0 Å². The molecule has 2 aliphatic rings. The van der Waals surface area contributed by atoms with Crippen molar-refractivity contribution in [3.05, 3.63) is 17.8 Å². The van der Waals surface area contributed by atoms with E-state index in [1.54, 1.807) is 11.8 Å². The fourth-order valence-corrected chi connectivity index (χ4v) is 3.43. The molecular formula is C15H18N2O4. The number of piperidine rings is 1. The van der Waals surface area contributed by atoms with Crippen molar-refractivity contribution in [1.82, 2.24) is 9.88 Å². The molecule has 1 saturated heterocycles. The molecule has 21 heavy (non-hydrogen) atoms. The second-order valence-electron chi connectivity index (χ2n) is 6.17. The zero-order valence-electron chi connectivity index (χ0n) is 12.1. The van der Waals surface area contributed by atoms with Crippen LogP contribution in [0.3, 0.4) is 0 Å². The van der Waals surface area contributed by atoms with Crippen molar-refractivity contribution in [2.75, 3.05) is 13.1 Å². The van der Waals surface area contributed by atoms with E-state index < -0.39 is 0 Å². The van der Waals surface area contributed by atoms with Gasteiger partial charge in [-0.3, -0.25) is 14.4 Å². The number of aryl methyl sites for hydroxylation is 1. The normalized spacial score (nSPS) is 21.9. The molecule has 3 rings (SSSR count). The Kier molecular flexibility index (Phi) is 3.39. The number of aromatic nitrogens is 1. The monoisotopic (exact) mass is 290 g/mol. The molecule has 1 aromatic heterocycles. The zero-order chi connectivity index (χ0) is 15.0. The maximum absolute atomic E-state index is 12.3. The van der Waals surface area contributed by atoms with Crippen molar-refractivity contribution in [3.8, 4) is 0 Å². The van der Waals surface area contributed by atoms with E-state index in [-0.39, 0.29) is 35.1 Å². The summed E-state index contributed by atoms with van der Waals surface area (Å²) in [6.07, 6.45) is 3.70. The van der Waals surface area contributed by atoms with E-state index in [0.717, 1.165) is 0 Å². The van der Waals surface area contributed by atoms with Crippen molar-refractivity contribution in [1.29, 1.82) is 0 Å². The summed E-state index contributed by atoms with van der Waals surface area (Å²) < 4.78 is 5.14. The summed E-state index contributed by atoms with van der Waals surface area (Å²) in [7, 11) is 0. The van der Waals surface area contributed by atoms with Gasteiger partial charge in [0.25, 0.3) is 5.91 Å². The van der Waals surface area contributed by atoms with Crippen molar-refractivity contribution >= 4 is 17.5 Å². The molecule has 2 fully saturated rings. The number of hydrogen-bond donors (Lipinski definition) is 0. The van der Waals surface area contributed by atoms with Crippen LogP contribution in [-0.2, 0) is 9.59 Å². The first-order chi connectivity index (χ1) is 9.99. The second-order valence-corrected chi connectivity index (χ2v) is 6.17. The lowest BCUT2D eigenvalue weighted by molar-refractivity contribution is -0.135. The number of nitrogens with zero attached hydrogens (tertiary/aromatic N) is 2. The summed E-state index contributed by atoms with van der Waals surface area (Å²) >= 11 is 0. The highest BCUT2D eigenvalue weighted by Crippen LogP contribution is 2.42. The molecule has 112 valence electrons. The Hall–Kier alpha value is -1.98. The highest BCUT2D eigenvalue weighted by molar-refractivity contribution is 6.02. The Morgan fingerprint density at radius 1 is 1.24 bits per heavy atom. The molecule has 0 N–H and O–H groups in total. The highest BCUT2D eigenvalue weighted by Gasteiger charge is 2.42. The Balaban J connectivity index is 1.68. The number of hydrogen-bond acceptors (Lipinski definition) is 5. The molecule has 1 aromatic rings. The van der Waals surface area contributed by atoms with Gasteiger partial charge in [-0.05, 0) is 25.2 Å². The maximum atomic E-state index is 12.3. The Bertz CT molecular complexity index is 579. The first-order valence-corrected chi connectivity index (χ1v) is 7.22. The number of Topliss-reactive ketones (excluding diaryl/α,β-unsaturated/α-hetero) is 2. The number of carbonyl (C=O) groups is 3. The molecule has 1 spiro atoms. The van der Waals surface area contributed by atoms with E-state index in [1.165, 1.54) is 6.39 Å². The SMILES string of the molecule is Cc1ncoc1C(=O)N1CCC2(CC1)CC(=O)CC(=O)C2. The van der Waals surface area contributed by atoms with E-state index in [4.69, 9.17) is 4.42 Å². The van der Waals surface area contributed by atoms with E-state index in [9.17, 15) is 14.4 Å². The van der Waals surface area contributed by atoms with Crippen molar-refractivity contribution in [3.63, 3.8) is 0 Å². The third-order valence-electron chi connectivity index (χ3n) is 4.59. The van der Waals surface area contributed by atoms with Crippen LogP contribution in [0.2, 0.25) is 0 Å². The van der Waals surface area contributed by atoms with E-state index in [0.29, 0.717) is 44.5 Å². The van der Waals surface area contributed by atoms with Gasteiger partial charge in [0, 0.05) is 25.9 Å². The number of likely N-dealkylation sites (tertiary alicyclic amines) is 1. The minimum Gasteiger partial charge on any atom is -0.438 e. The van der Waals surface area contributed by atoms with Crippen molar-refractivity contribution in [2.24, 2.45) is 5.41 Å². The number of carbonyl (C=O) groups excluding carboxylic acids is 3. The Morgan fingerprint density at radius 3 is 2.38 bits per heavy atom. The molecule has 1 aliphatic heterocycles. The van der Waals surface area contributed by atoms with Gasteiger partial charge in [-0.25, -0.2) is 4.98 Å². The average Bonchev–Trinajstić information content (AvgIpc) is 2.83. The van der Waals surface area contributed by atoms with Crippen LogP contribution in [0.1, 0.15) is 48.4 Å². The molecule has 1 aliphatic carbocycles. The molecule has 0 atom stereocenters. The van der Waals surface area contributed by atoms with Crippen LogP contribution in [-0.4, -0.2) is 40.4 Å². The molecule has 1 amide bonds. The molecule has 0 unspecified atom stereocenters. The molecule has 2 heterocycles. The van der Waals surface area contributed by atoms with E-state index >= 15 is 0 Å². The summed E-state index contributed by atoms with van der Waals surface area (Å²) in [5, 5.41) is 0. The highest BCUT2D eigenvalue weighted by atomic mass is 16.3. The Morgan fingerprint density at radius 2 is 1.86 bits per heavy atom. The molecule has 0 bridgehead atoms. The zero-order valence-corrected chi connectivity index (χ0v) is 12.1. The predicted octanol–water partition coefficient (Wildman–Crippen LogP) is 1.53. The topological polar surface area (TPSA) is 80.5 Å². The predicted molar refractivity (Wildman–Crippen MR) is 72.7 cm³/mol. The van der Waals surface area contributed by atoms with Crippen molar-refractivity contribution in [2.45, 2.75) is 39.0 Å². The number of amides is 1. The lowest BCUT2D eigenvalue weighted by Gasteiger charge is -2.42. The van der Waals surface area contributed by atoms with Crippen LogP contribution < -0.4 is 0 Å². The van der Waals surface area contributed by atoms with Crippen LogP contribution in [0.5, 0.6) is 0 Å². The van der Waals surface area contributed by atoms with Gasteiger partial charge in [0.15, 0.2) is 6.39 Å². The van der Waals surface area contributed by atoms with Gasteiger partial charge < -0.3 is 9.32 Å². The minimum absolute atomic E-state index is 0.0390. The van der Waals surface area contributed by atoms with Gasteiger partial charge >= 0.3 is 0 Å². The summed E-state index contributed by atoms with van der Waals surface area (Å²) in [4.78, 5) is 41.3. The molecule has 1 saturated carbocycles. The Labute approximate surface area is 122 Å². The van der Waals surface area contributed by atoms with Gasteiger partial charge in [0.2, 0.25) is 5.76 Å². The first-order valence-electron chi connectivity index (χ1n) is 7.22. The first kappa shape index (κ1) is 14.0.